The summed E-state index contributed by atoms with van der Waals surface area (Å²) < 4.78 is 5.70. The number of carbonyl (C=O) groups is 1. The lowest BCUT2D eigenvalue weighted by Gasteiger charge is -2.11. The molecule has 3 rings (SSSR count). The van der Waals surface area contributed by atoms with Gasteiger partial charge in [0.15, 0.2) is 0 Å². The predicted octanol–water partition coefficient (Wildman–Crippen LogP) is 3.22. The van der Waals surface area contributed by atoms with E-state index in [2.05, 4.69) is 20.2 Å². The largest absolute Gasteiger partial charge is 0.494 e. The first-order valence-electron chi connectivity index (χ1n) is 10.2. The summed E-state index contributed by atoms with van der Waals surface area (Å²) in [5.74, 6) is 1.32. The van der Waals surface area contributed by atoms with Gasteiger partial charge < -0.3 is 19.9 Å². The van der Waals surface area contributed by atoms with Gasteiger partial charge in [0.25, 0.3) is 5.56 Å². The highest BCUT2D eigenvalue weighted by atomic mass is 16.5. The van der Waals surface area contributed by atoms with Crippen LogP contribution < -0.4 is 15.6 Å². The first-order chi connectivity index (χ1) is 14.5. The average molecular weight is 409 g/mol. The van der Waals surface area contributed by atoms with Gasteiger partial charge in [0.05, 0.1) is 17.5 Å². The summed E-state index contributed by atoms with van der Waals surface area (Å²) in [4.78, 5) is 33.7. The summed E-state index contributed by atoms with van der Waals surface area (Å²) in [6, 6.07) is 14.6. The van der Waals surface area contributed by atoms with E-state index in [0.29, 0.717) is 42.6 Å². The minimum absolute atomic E-state index is 0.0715. The van der Waals surface area contributed by atoms with Crippen LogP contribution in [-0.4, -0.2) is 48.0 Å². The van der Waals surface area contributed by atoms with E-state index in [1.165, 1.54) is 0 Å². The number of para-hydroxylation sites is 1. The fraction of sp³-hybridized carbons (Fsp3) is 0.348. The van der Waals surface area contributed by atoms with E-state index in [-0.39, 0.29) is 11.5 Å². The van der Waals surface area contributed by atoms with Crippen LogP contribution in [0.2, 0.25) is 0 Å². The SMILES string of the molecule is CN(C)CCCOc1ccc(NC(=O)CCCc2nc3ccccc3c(=O)[nH]2)cc1. The Bertz CT molecular complexity index is 1030. The van der Waals surface area contributed by atoms with Crippen molar-refractivity contribution in [1.82, 2.24) is 14.9 Å². The number of aryl methyl sites for hydroxylation is 1. The maximum absolute atomic E-state index is 12.2. The number of ether oxygens (including phenoxy) is 1. The number of rotatable bonds is 10. The second-order valence-corrected chi connectivity index (χ2v) is 7.46. The first kappa shape index (κ1) is 21.5. The normalized spacial score (nSPS) is 11.0. The van der Waals surface area contributed by atoms with Gasteiger partial charge in [-0.25, -0.2) is 4.98 Å². The number of nitrogens with zero attached hydrogens (tertiary/aromatic N) is 2. The van der Waals surface area contributed by atoms with Crippen LogP contribution in [0.4, 0.5) is 5.69 Å². The Balaban J connectivity index is 1.43. The number of aromatic nitrogens is 2. The maximum atomic E-state index is 12.2. The lowest BCUT2D eigenvalue weighted by atomic mass is 10.2. The van der Waals surface area contributed by atoms with Gasteiger partial charge in [-0.05, 0) is 63.3 Å². The Kier molecular flexibility index (Phi) is 7.57. The molecule has 0 unspecified atom stereocenters. The molecule has 0 aliphatic rings. The molecule has 0 spiro atoms. The maximum Gasteiger partial charge on any atom is 0.258 e. The number of carbonyl (C=O) groups excluding carboxylic acids is 1. The van der Waals surface area contributed by atoms with Crippen LogP contribution in [0, 0.1) is 0 Å². The molecule has 0 aliphatic carbocycles. The number of fused-ring (bicyclic) bond motifs is 1. The van der Waals surface area contributed by atoms with Crippen molar-refractivity contribution in [3.63, 3.8) is 0 Å². The Labute approximate surface area is 176 Å². The topological polar surface area (TPSA) is 87.3 Å². The van der Waals surface area contributed by atoms with Gasteiger partial charge in [0.2, 0.25) is 5.91 Å². The van der Waals surface area contributed by atoms with E-state index in [1.54, 1.807) is 6.07 Å². The number of hydrogen-bond donors (Lipinski definition) is 2. The lowest BCUT2D eigenvalue weighted by molar-refractivity contribution is -0.116. The lowest BCUT2D eigenvalue weighted by Crippen LogP contribution is -2.15. The first-order valence-corrected chi connectivity index (χ1v) is 10.2. The molecule has 0 fully saturated rings. The fourth-order valence-corrected chi connectivity index (χ4v) is 3.10. The smallest absolute Gasteiger partial charge is 0.258 e. The van der Waals surface area contributed by atoms with E-state index in [1.807, 2.05) is 56.6 Å². The number of anilines is 1. The van der Waals surface area contributed by atoms with Gasteiger partial charge in [-0.3, -0.25) is 9.59 Å². The third-order valence-electron chi connectivity index (χ3n) is 4.64. The van der Waals surface area contributed by atoms with Crippen LogP contribution in [0.5, 0.6) is 5.75 Å². The summed E-state index contributed by atoms with van der Waals surface area (Å²) in [5, 5.41) is 3.46. The third-order valence-corrected chi connectivity index (χ3v) is 4.64. The van der Waals surface area contributed by atoms with Crippen molar-refractivity contribution in [2.75, 3.05) is 32.6 Å². The zero-order valence-electron chi connectivity index (χ0n) is 17.5. The van der Waals surface area contributed by atoms with Gasteiger partial charge >= 0.3 is 0 Å². The Hall–Kier alpha value is -3.19. The molecule has 0 radical (unpaired) electrons. The van der Waals surface area contributed by atoms with Gasteiger partial charge in [-0.1, -0.05) is 12.1 Å². The molecule has 0 saturated heterocycles. The Morgan fingerprint density at radius 1 is 1.10 bits per heavy atom. The molecule has 1 aromatic heterocycles. The molecule has 0 bridgehead atoms. The molecule has 0 atom stereocenters. The molecular weight excluding hydrogens is 380 g/mol. The van der Waals surface area contributed by atoms with E-state index in [9.17, 15) is 9.59 Å². The van der Waals surface area contributed by atoms with Crippen molar-refractivity contribution < 1.29 is 9.53 Å². The predicted molar refractivity (Wildman–Crippen MR) is 119 cm³/mol. The number of hydrogen-bond acceptors (Lipinski definition) is 5. The minimum atomic E-state index is -0.149. The molecule has 158 valence electrons. The molecule has 1 heterocycles. The van der Waals surface area contributed by atoms with Crippen LogP contribution in [0.15, 0.2) is 53.3 Å². The van der Waals surface area contributed by atoms with Crippen LogP contribution in [0.25, 0.3) is 10.9 Å². The van der Waals surface area contributed by atoms with Crippen molar-refractivity contribution >= 4 is 22.5 Å². The van der Waals surface area contributed by atoms with Crippen LogP contribution >= 0.6 is 0 Å². The second-order valence-electron chi connectivity index (χ2n) is 7.46. The Morgan fingerprint density at radius 2 is 1.87 bits per heavy atom. The molecule has 2 N–H and O–H groups in total. The van der Waals surface area contributed by atoms with E-state index in [0.717, 1.165) is 24.4 Å². The van der Waals surface area contributed by atoms with Gasteiger partial charge in [0, 0.05) is 25.1 Å². The van der Waals surface area contributed by atoms with Crippen LogP contribution in [0.1, 0.15) is 25.1 Å². The minimum Gasteiger partial charge on any atom is -0.494 e. The fourth-order valence-electron chi connectivity index (χ4n) is 3.10. The highest BCUT2D eigenvalue weighted by Gasteiger charge is 2.06. The summed E-state index contributed by atoms with van der Waals surface area (Å²) in [5.41, 5.74) is 1.26. The van der Waals surface area contributed by atoms with Crippen LogP contribution in [0.3, 0.4) is 0 Å². The van der Waals surface area contributed by atoms with Gasteiger partial charge in [-0.15, -0.1) is 0 Å². The molecule has 3 aromatic rings. The van der Waals surface area contributed by atoms with Crippen molar-refractivity contribution in [3.05, 3.63) is 64.7 Å². The Morgan fingerprint density at radius 3 is 2.63 bits per heavy atom. The van der Waals surface area contributed by atoms with Gasteiger partial charge in [-0.2, -0.15) is 0 Å². The standard InChI is InChI=1S/C23H28N4O3/c1-27(2)15-6-16-30-18-13-11-17(12-14-18)24-22(28)10-5-9-21-25-20-8-4-3-7-19(20)23(29)26-21/h3-4,7-8,11-14H,5-6,9-10,15-16H2,1-2H3,(H,24,28)(H,25,26,29). The highest BCUT2D eigenvalue weighted by molar-refractivity contribution is 5.90. The monoisotopic (exact) mass is 408 g/mol. The van der Waals surface area contributed by atoms with E-state index >= 15 is 0 Å². The molecule has 0 aliphatic heterocycles. The molecule has 7 heteroatoms. The summed E-state index contributed by atoms with van der Waals surface area (Å²) in [7, 11) is 4.07. The van der Waals surface area contributed by atoms with Crippen molar-refractivity contribution in [1.29, 1.82) is 0 Å². The number of H-pyrrole nitrogens is 1. The average Bonchev–Trinajstić information content (AvgIpc) is 2.72. The van der Waals surface area contributed by atoms with E-state index in [4.69, 9.17) is 4.74 Å². The molecule has 2 aromatic carbocycles. The number of benzene rings is 2. The molecular formula is C23H28N4O3. The quantitative estimate of drug-likeness (QED) is 0.503. The molecule has 30 heavy (non-hydrogen) atoms. The zero-order chi connectivity index (χ0) is 21.3. The number of nitrogens with one attached hydrogen (secondary N) is 2. The summed E-state index contributed by atoms with van der Waals surface area (Å²) >= 11 is 0. The van der Waals surface area contributed by atoms with Gasteiger partial charge in [0.1, 0.15) is 11.6 Å². The van der Waals surface area contributed by atoms with E-state index < -0.39 is 0 Å². The number of aromatic amines is 1. The van der Waals surface area contributed by atoms with Crippen molar-refractivity contribution in [3.8, 4) is 5.75 Å². The summed E-state index contributed by atoms with van der Waals surface area (Å²) in [6.45, 7) is 1.64. The van der Waals surface area contributed by atoms with Crippen LogP contribution in [-0.2, 0) is 11.2 Å². The second kappa shape index (κ2) is 10.5. The zero-order valence-corrected chi connectivity index (χ0v) is 17.5. The number of amides is 1. The highest BCUT2D eigenvalue weighted by Crippen LogP contribution is 2.16. The van der Waals surface area contributed by atoms with Crippen molar-refractivity contribution in [2.45, 2.75) is 25.7 Å². The molecule has 1 amide bonds. The molecule has 0 saturated carbocycles. The third kappa shape index (κ3) is 6.42. The molecule has 7 nitrogen and oxygen atoms in total. The summed E-state index contributed by atoms with van der Waals surface area (Å²) in [6.07, 6.45) is 2.44. The van der Waals surface area contributed by atoms with Crippen molar-refractivity contribution in [2.24, 2.45) is 0 Å².